The highest BCUT2D eigenvalue weighted by Gasteiger charge is 1.98. The van der Waals surface area contributed by atoms with Crippen molar-refractivity contribution in [3.8, 4) is 0 Å². The topological polar surface area (TPSA) is 46.0 Å². The Hall–Kier alpha value is -1.75. The predicted molar refractivity (Wildman–Crippen MR) is 71.1 cm³/mol. The second kappa shape index (κ2) is 4.63. The van der Waals surface area contributed by atoms with E-state index in [4.69, 9.17) is 12.2 Å². The lowest BCUT2D eigenvalue weighted by atomic mass is 10.1. The fourth-order valence-corrected chi connectivity index (χ4v) is 1.82. The molecule has 1 aromatic heterocycles. The minimum atomic E-state index is 0.503. The summed E-state index contributed by atoms with van der Waals surface area (Å²) >= 11 is 5.07. The van der Waals surface area contributed by atoms with Gasteiger partial charge in [0.2, 0.25) is 4.77 Å². The molecule has 0 unspecified atom stereocenters. The SMILES string of the molecule is Cc1ccc(/C=N\n2c(C)n[nH]c2=S)c(C)c1. The van der Waals surface area contributed by atoms with E-state index in [2.05, 4.69) is 41.3 Å². The maximum absolute atomic E-state index is 5.07. The maximum Gasteiger partial charge on any atom is 0.216 e. The van der Waals surface area contributed by atoms with E-state index in [1.54, 1.807) is 10.9 Å². The van der Waals surface area contributed by atoms with E-state index in [1.807, 2.05) is 13.0 Å². The van der Waals surface area contributed by atoms with Gasteiger partial charge in [0.05, 0.1) is 6.21 Å². The molecule has 0 aliphatic rings. The van der Waals surface area contributed by atoms with Gasteiger partial charge in [-0.15, -0.1) is 0 Å². The lowest BCUT2D eigenvalue weighted by Gasteiger charge is -2.01. The van der Waals surface area contributed by atoms with Crippen LogP contribution in [-0.4, -0.2) is 21.1 Å². The van der Waals surface area contributed by atoms with Crippen LogP contribution in [0.5, 0.6) is 0 Å². The van der Waals surface area contributed by atoms with Crippen molar-refractivity contribution in [2.75, 3.05) is 0 Å². The van der Waals surface area contributed by atoms with E-state index in [0.29, 0.717) is 4.77 Å². The molecule has 0 saturated carbocycles. The summed E-state index contributed by atoms with van der Waals surface area (Å²) < 4.78 is 2.11. The van der Waals surface area contributed by atoms with Gasteiger partial charge in [-0.05, 0) is 44.1 Å². The number of aromatic amines is 1. The van der Waals surface area contributed by atoms with Gasteiger partial charge in [0.15, 0.2) is 0 Å². The Morgan fingerprint density at radius 3 is 2.71 bits per heavy atom. The summed E-state index contributed by atoms with van der Waals surface area (Å²) in [5.41, 5.74) is 3.52. The molecule has 0 atom stereocenters. The first-order valence-corrected chi connectivity index (χ1v) is 5.74. The quantitative estimate of drug-likeness (QED) is 0.654. The third-order valence-corrected chi connectivity index (χ3v) is 2.81. The van der Waals surface area contributed by atoms with Gasteiger partial charge in [-0.1, -0.05) is 23.8 Å². The van der Waals surface area contributed by atoms with Gasteiger partial charge in [0.25, 0.3) is 0 Å². The molecule has 2 aromatic rings. The summed E-state index contributed by atoms with van der Waals surface area (Å²) in [6.45, 7) is 5.99. The highest BCUT2D eigenvalue weighted by molar-refractivity contribution is 7.71. The van der Waals surface area contributed by atoms with Crippen molar-refractivity contribution in [3.63, 3.8) is 0 Å². The van der Waals surface area contributed by atoms with Crippen molar-refractivity contribution in [1.29, 1.82) is 0 Å². The second-order valence-electron chi connectivity index (χ2n) is 3.99. The molecule has 0 bridgehead atoms. The van der Waals surface area contributed by atoms with Crippen LogP contribution in [0, 0.1) is 25.5 Å². The van der Waals surface area contributed by atoms with Crippen LogP contribution in [0.2, 0.25) is 0 Å². The van der Waals surface area contributed by atoms with E-state index in [-0.39, 0.29) is 0 Å². The number of aromatic nitrogens is 3. The van der Waals surface area contributed by atoms with Crippen LogP contribution >= 0.6 is 12.2 Å². The summed E-state index contributed by atoms with van der Waals surface area (Å²) in [4.78, 5) is 0. The van der Waals surface area contributed by atoms with Gasteiger partial charge in [0, 0.05) is 0 Å². The Labute approximate surface area is 105 Å². The molecule has 0 amide bonds. The van der Waals surface area contributed by atoms with E-state index >= 15 is 0 Å². The standard InChI is InChI=1S/C12H14N4S/c1-8-4-5-11(9(2)6-8)7-13-16-10(3)14-15-12(16)17/h4-7H,1-3H3,(H,15,17)/b13-7-. The zero-order valence-electron chi connectivity index (χ0n) is 10.1. The Bertz CT molecular complexity index is 622. The van der Waals surface area contributed by atoms with Crippen molar-refractivity contribution in [2.45, 2.75) is 20.8 Å². The number of rotatable bonds is 2. The summed E-state index contributed by atoms with van der Waals surface area (Å²) in [6.07, 6.45) is 1.80. The van der Waals surface area contributed by atoms with Crippen LogP contribution in [0.3, 0.4) is 0 Å². The fraction of sp³-hybridized carbons (Fsp3) is 0.250. The minimum Gasteiger partial charge on any atom is -0.250 e. The summed E-state index contributed by atoms with van der Waals surface area (Å²) in [6, 6.07) is 6.24. The van der Waals surface area contributed by atoms with Gasteiger partial charge in [-0.2, -0.15) is 14.9 Å². The van der Waals surface area contributed by atoms with Gasteiger partial charge < -0.3 is 0 Å². The highest BCUT2D eigenvalue weighted by atomic mass is 32.1. The van der Waals surface area contributed by atoms with Crippen molar-refractivity contribution in [3.05, 3.63) is 45.5 Å². The minimum absolute atomic E-state index is 0.503. The Balaban J connectivity index is 2.36. The molecule has 0 fully saturated rings. The summed E-state index contributed by atoms with van der Waals surface area (Å²) in [5.74, 6) is 0.746. The van der Waals surface area contributed by atoms with Gasteiger partial charge in [-0.25, -0.2) is 0 Å². The van der Waals surface area contributed by atoms with Crippen LogP contribution in [0.1, 0.15) is 22.5 Å². The molecule has 0 saturated heterocycles. The van der Waals surface area contributed by atoms with Gasteiger partial charge in [0.1, 0.15) is 5.82 Å². The van der Waals surface area contributed by atoms with E-state index < -0.39 is 0 Å². The van der Waals surface area contributed by atoms with E-state index in [0.717, 1.165) is 11.4 Å². The molecule has 5 heteroatoms. The van der Waals surface area contributed by atoms with Crippen molar-refractivity contribution in [1.82, 2.24) is 14.9 Å². The first kappa shape index (κ1) is 11.7. The van der Waals surface area contributed by atoms with Crippen molar-refractivity contribution >= 4 is 18.4 Å². The number of nitrogens with one attached hydrogen (secondary N) is 1. The number of hydrogen-bond acceptors (Lipinski definition) is 3. The third-order valence-electron chi connectivity index (χ3n) is 2.55. The number of H-pyrrole nitrogens is 1. The molecule has 0 radical (unpaired) electrons. The third kappa shape index (κ3) is 2.50. The first-order chi connectivity index (χ1) is 8.08. The lowest BCUT2D eigenvalue weighted by Crippen LogP contribution is -1.95. The zero-order valence-corrected chi connectivity index (χ0v) is 10.9. The normalized spacial score (nSPS) is 11.2. The Morgan fingerprint density at radius 2 is 2.12 bits per heavy atom. The Kier molecular flexibility index (Phi) is 3.19. The van der Waals surface area contributed by atoms with Crippen molar-refractivity contribution in [2.24, 2.45) is 5.10 Å². The van der Waals surface area contributed by atoms with Crippen molar-refractivity contribution < 1.29 is 0 Å². The molecule has 0 aliphatic carbocycles. The van der Waals surface area contributed by atoms with Crippen LogP contribution in [0.15, 0.2) is 23.3 Å². The summed E-state index contributed by atoms with van der Waals surface area (Å²) in [7, 11) is 0. The lowest BCUT2D eigenvalue weighted by molar-refractivity contribution is 0.820. The van der Waals surface area contributed by atoms with Crippen LogP contribution in [0.4, 0.5) is 0 Å². The molecular formula is C12H14N4S. The average molecular weight is 246 g/mol. The number of hydrogen-bond donors (Lipinski definition) is 1. The largest absolute Gasteiger partial charge is 0.250 e. The smallest absolute Gasteiger partial charge is 0.216 e. The molecular weight excluding hydrogens is 232 g/mol. The van der Waals surface area contributed by atoms with Crippen LogP contribution in [-0.2, 0) is 0 Å². The maximum atomic E-state index is 5.07. The van der Waals surface area contributed by atoms with Crippen LogP contribution < -0.4 is 0 Å². The van der Waals surface area contributed by atoms with Gasteiger partial charge in [-0.3, -0.25) is 5.10 Å². The van der Waals surface area contributed by atoms with E-state index in [1.165, 1.54) is 11.1 Å². The summed E-state index contributed by atoms with van der Waals surface area (Å²) in [5, 5.41) is 11.0. The number of nitrogens with zero attached hydrogens (tertiary/aromatic N) is 3. The first-order valence-electron chi connectivity index (χ1n) is 5.33. The molecule has 1 aromatic carbocycles. The predicted octanol–water partition coefficient (Wildman–Crippen LogP) is 2.75. The molecule has 0 aliphatic heterocycles. The molecule has 88 valence electrons. The molecule has 0 spiro atoms. The zero-order chi connectivity index (χ0) is 12.4. The molecule has 17 heavy (non-hydrogen) atoms. The number of benzene rings is 1. The fourth-order valence-electron chi connectivity index (χ4n) is 1.60. The van der Waals surface area contributed by atoms with E-state index in [9.17, 15) is 0 Å². The monoisotopic (exact) mass is 246 g/mol. The molecule has 1 heterocycles. The molecule has 4 nitrogen and oxygen atoms in total. The Morgan fingerprint density at radius 1 is 1.35 bits per heavy atom. The van der Waals surface area contributed by atoms with Gasteiger partial charge >= 0.3 is 0 Å². The molecule has 1 N–H and O–H groups in total. The molecule has 2 rings (SSSR count). The van der Waals surface area contributed by atoms with Crippen LogP contribution in [0.25, 0.3) is 0 Å². The second-order valence-corrected chi connectivity index (χ2v) is 4.38. The highest BCUT2D eigenvalue weighted by Crippen LogP contribution is 2.08. The average Bonchev–Trinajstić information content (AvgIpc) is 2.58. The number of aryl methyl sites for hydroxylation is 3.